The van der Waals surface area contributed by atoms with Crippen molar-refractivity contribution < 1.29 is 4.42 Å². The van der Waals surface area contributed by atoms with Crippen LogP contribution in [0.2, 0.25) is 0 Å². The molecule has 2 heterocycles. The fourth-order valence-electron chi connectivity index (χ4n) is 3.05. The Morgan fingerprint density at radius 3 is 2.40 bits per heavy atom. The Kier molecular flexibility index (Phi) is 8.48. The van der Waals surface area contributed by atoms with Gasteiger partial charge in [-0.2, -0.15) is 0 Å². The Labute approximate surface area is 180 Å². The molecule has 0 atom stereocenters. The molecule has 0 unspecified atom stereocenters. The second kappa shape index (κ2) is 11.1. The van der Waals surface area contributed by atoms with Gasteiger partial charge >= 0.3 is 0 Å². The third-order valence-electron chi connectivity index (χ3n) is 4.59. The molecule has 0 radical (unpaired) electrons. The Morgan fingerprint density at radius 2 is 1.73 bits per heavy atom. The number of nitrogens with zero attached hydrogens (tertiary/aromatic N) is 3. The van der Waals surface area contributed by atoms with Crippen molar-refractivity contribution in [1.82, 2.24) is 15.2 Å². The molecule has 156 valence electrons. The minimum absolute atomic E-state index is 0.492. The number of rotatable bonds is 6. The summed E-state index contributed by atoms with van der Waals surface area (Å²) >= 11 is 0. The van der Waals surface area contributed by atoms with Crippen molar-refractivity contribution in [2.24, 2.45) is 0 Å². The Balaban J connectivity index is 0.00000155. The molecule has 0 aliphatic carbocycles. The maximum Gasteiger partial charge on any atom is 0.240 e. The van der Waals surface area contributed by atoms with Gasteiger partial charge in [0.2, 0.25) is 11.8 Å². The van der Waals surface area contributed by atoms with E-state index in [1.807, 2.05) is 64.1 Å². The lowest BCUT2D eigenvalue weighted by Gasteiger charge is -2.09. The van der Waals surface area contributed by atoms with E-state index >= 15 is 0 Å². The minimum Gasteiger partial charge on any atom is -0.421 e. The maximum absolute atomic E-state index is 5.82. The summed E-state index contributed by atoms with van der Waals surface area (Å²) in [6, 6.07) is 10.4. The van der Waals surface area contributed by atoms with Gasteiger partial charge in [0.1, 0.15) is 0 Å². The highest BCUT2D eigenvalue weighted by atomic mass is 16.4. The van der Waals surface area contributed by atoms with Crippen LogP contribution in [0.5, 0.6) is 0 Å². The van der Waals surface area contributed by atoms with Crippen molar-refractivity contribution in [3.05, 3.63) is 88.4 Å². The largest absolute Gasteiger partial charge is 0.421 e. The van der Waals surface area contributed by atoms with Crippen LogP contribution in [0.1, 0.15) is 66.2 Å². The van der Waals surface area contributed by atoms with Gasteiger partial charge in [-0.05, 0) is 62.1 Å². The van der Waals surface area contributed by atoms with Crippen LogP contribution in [0.3, 0.4) is 0 Å². The zero-order valence-corrected chi connectivity index (χ0v) is 18.9. The molecule has 30 heavy (non-hydrogen) atoms. The van der Waals surface area contributed by atoms with E-state index in [1.165, 1.54) is 11.1 Å². The molecule has 2 aromatic heterocycles. The SMILES string of the molecule is C=Cc1ccc(C)nc1/C(=C\C)Cc1nnc(/C=C/c2ccc(C)cc2C)o1.CC. The first-order chi connectivity index (χ1) is 14.5. The summed E-state index contributed by atoms with van der Waals surface area (Å²) in [4.78, 5) is 4.67. The molecular weight excluding hydrogens is 370 g/mol. The van der Waals surface area contributed by atoms with E-state index in [0.29, 0.717) is 18.2 Å². The van der Waals surface area contributed by atoms with Crippen LogP contribution < -0.4 is 0 Å². The minimum atomic E-state index is 0.492. The van der Waals surface area contributed by atoms with Gasteiger partial charge in [0, 0.05) is 11.8 Å². The quantitative estimate of drug-likeness (QED) is 0.452. The molecule has 0 amide bonds. The second-order valence-electron chi connectivity index (χ2n) is 6.81. The molecule has 0 saturated heterocycles. The van der Waals surface area contributed by atoms with E-state index in [-0.39, 0.29) is 0 Å². The molecule has 1 aromatic carbocycles. The summed E-state index contributed by atoms with van der Waals surface area (Å²) in [7, 11) is 0. The van der Waals surface area contributed by atoms with Crippen LogP contribution in [0.15, 0.2) is 47.4 Å². The fourth-order valence-corrected chi connectivity index (χ4v) is 3.05. The first-order valence-electron chi connectivity index (χ1n) is 10.3. The highest BCUT2D eigenvalue weighted by Crippen LogP contribution is 2.23. The monoisotopic (exact) mass is 401 g/mol. The van der Waals surface area contributed by atoms with Gasteiger partial charge in [-0.3, -0.25) is 4.98 Å². The van der Waals surface area contributed by atoms with E-state index in [0.717, 1.165) is 28.1 Å². The topological polar surface area (TPSA) is 51.8 Å². The molecule has 3 rings (SSSR count). The third kappa shape index (κ3) is 5.86. The molecule has 0 fully saturated rings. The van der Waals surface area contributed by atoms with Crippen molar-refractivity contribution >= 4 is 23.8 Å². The van der Waals surface area contributed by atoms with Crippen LogP contribution in [-0.4, -0.2) is 15.2 Å². The van der Waals surface area contributed by atoms with Crippen molar-refractivity contribution in [3.63, 3.8) is 0 Å². The molecule has 4 heteroatoms. The first-order valence-corrected chi connectivity index (χ1v) is 10.3. The highest BCUT2D eigenvalue weighted by Gasteiger charge is 2.12. The number of benzene rings is 1. The first kappa shape index (κ1) is 23.0. The lowest BCUT2D eigenvalue weighted by molar-refractivity contribution is 0.500. The van der Waals surface area contributed by atoms with E-state index < -0.39 is 0 Å². The van der Waals surface area contributed by atoms with Gasteiger partial charge in [0.15, 0.2) is 0 Å². The molecule has 0 saturated carbocycles. The van der Waals surface area contributed by atoms with E-state index in [1.54, 1.807) is 0 Å². The summed E-state index contributed by atoms with van der Waals surface area (Å²) < 4.78 is 5.82. The number of hydrogen-bond acceptors (Lipinski definition) is 4. The molecule has 0 bridgehead atoms. The Bertz CT molecular complexity index is 1060. The highest BCUT2D eigenvalue weighted by molar-refractivity contribution is 5.72. The van der Waals surface area contributed by atoms with Crippen molar-refractivity contribution in [1.29, 1.82) is 0 Å². The summed E-state index contributed by atoms with van der Waals surface area (Å²) in [6.07, 6.45) is 8.23. The summed E-state index contributed by atoms with van der Waals surface area (Å²) in [5, 5.41) is 8.34. The molecule has 0 spiro atoms. The molecule has 0 N–H and O–H groups in total. The van der Waals surface area contributed by atoms with E-state index in [2.05, 4.69) is 53.8 Å². The van der Waals surface area contributed by atoms with Gasteiger partial charge in [-0.15, -0.1) is 10.2 Å². The average molecular weight is 402 g/mol. The number of pyridine rings is 1. The smallest absolute Gasteiger partial charge is 0.240 e. The standard InChI is InChI=1S/C24H25N3O.C2H6/c1-6-19-11-9-18(5)25-24(19)20(7-2)15-23-27-26-22(28-23)13-12-21-10-8-16(3)14-17(21)4;1-2/h6-14H,1,15H2,2-5H3;1-2H3/b13-12+,20-7-;. The average Bonchev–Trinajstić information content (AvgIpc) is 3.20. The third-order valence-corrected chi connectivity index (χ3v) is 4.59. The zero-order chi connectivity index (χ0) is 22.1. The second-order valence-corrected chi connectivity index (χ2v) is 6.81. The van der Waals surface area contributed by atoms with Crippen LogP contribution in [-0.2, 0) is 6.42 Å². The van der Waals surface area contributed by atoms with Gasteiger partial charge in [-0.1, -0.05) is 62.4 Å². The number of aromatic nitrogens is 3. The van der Waals surface area contributed by atoms with Gasteiger partial charge < -0.3 is 4.42 Å². The lowest BCUT2D eigenvalue weighted by atomic mass is 10.0. The molecule has 0 aliphatic rings. The van der Waals surface area contributed by atoms with Crippen molar-refractivity contribution in [2.75, 3.05) is 0 Å². The maximum atomic E-state index is 5.82. The molecular formula is C26H31N3O. The predicted molar refractivity (Wildman–Crippen MR) is 127 cm³/mol. The number of hydrogen-bond donors (Lipinski definition) is 0. The summed E-state index contributed by atoms with van der Waals surface area (Å²) in [6.45, 7) is 16.0. The predicted octanol–water partition coefficient (Wildman–Crippen LogP) is 6.88. The Morgan fingerprint density at radius 1 is 1.00 bits per heavy atom. The fraction of sp³-hybridized carbons (Fsp3) is 0.269. The number of allylic oxidation sites excluding steroid dienone is 2. The Hall–Kier alpha value is -3.27. The van der Waals surface area contributed by atoms with Gasteiger partial charge in [0.05, 0.1) is 12.1 Å². The normalized spacial score (nSPS) is 11.3. The zero-order valence-electron chi connectivity index (χ0n) is 18.9. The molecule has 0 aliphatic heterocycles. The summed E-state index contributed by atoms with van der Waals surface area (Å²) in [5.41, 5.74) is 7.50. The number of aryl methyl sites for hydroxylation is 3. The lowest BCUT2D eigenvalue weighted by Crippen LogP contribution is -1.99. The van der Waals surface area contributed by atoms with Crippen LogP contribution >= 0.6 is 0 Å². The van der Waals surface area contributed by atoms with Crippen molar-refractivity contribution in [2.45, 2.75) is 48.0 Å². The van der Waals surface area contributed by atoms with Crippen LogP contribution in [0, 0.1) is 20.8 Å². The van der Waals surface area contributed by atoms with E-state index in [9.17, 15) is 0 Å². The summed E-state index contributed by atoms with van der Waals surface area (Å²) in [5.74, 6) is 1.05. The van der Waals surface area contributed by atoms with Gasteiger partial charge in [-0.25, -0.2) is 0 Å². The van der Waals surface area contributed by atoms with Gasteiger partial charge in [0.25, 0.3) is 0 Å². The van der Waals surface area contributed by atoms with Crippen LogP contribution in [0.4, 0.5) is 0 Å². The van der Waals surface area contributed by atoms with E-state index in [4.69, 9.17) is 4.42 Å². The molecule has 4 nitrogen and oxygen atoms in total. The van der Waals surface area contributed by atoms with Crippen molar-refractivity contribution in [3.8, 4) is 0 Å². The molecule has 3 aromatic rings. The van der Waals surface area contributed by atoms with Crippen LogP contribution in [0.25, 0.3) is 23.8 Å².